The van der Waals surface area contributed by atoms with Crippen LogP contribution in [-0.4, -0.2) is 12.4 Å². The highest BCUT2D eigenvalue weighted by molar-refractivity contribution is 6.09. The van der Waals surface area contributed by atoms with E-state index in [-0.39, 0.29) is 12.4 Å². The van der Waals surface area contributed by atoms with Crippen LogP contribution in [0, 0.1) is 12.3 Å². The Bertz CT molecular complexity index is 606. The molecule has 2 heteroatoms. The molecule has 0 fully saturated rings. The van der Waals surface area contributed by atoms with Crippen LogP contribution in [0.25, 0.3) is 10.8 Å². The van der Waals surface area contributed by atoms with Gasteiger partial charge in [0.2, 0.25) is 0 Å². The van der Waals surface area contributed by atoms with Gasteiger partial charge in [-0.2, -0.15) is 0 Å². The molecular formula is C15H12O2. The lowest BCUT2D eigenvalue weighted by atomic mass is 10.0. The number of rotatable bonds is 3. The van der Waals surface area contributed by atoms with E-state index in [0.29, 0.717) is 11.3 Å². The van der Waals surface area contributed by atoms with Gasteiger partial charge in [0.15, 0.2) is 5.78 Å². The Morgan fingerprint density at radius 2 is 2.06 bits per heavy atom. The molecule has 2 aromatic rings. The number of Topliss-reactive ketones (excluding diaryl/α,β-unsaturated/α-hetero) is 1. The first-order chi connectivity index (χ1) is 8.24. The van der Waals surface area contributed by atoms with Crippen molar-refractivity contribution < 1.29 is 9.53 Å². The third kappa shape index (κ3) is 2.14. The number of carbonyl (C=O) groups excluding carboxylic acids is 1. The molecule has 0 aliphatic rings. The van der Waals surface area contributed by atoms with E-state index in [1.165, 1.54) is 6.92 Å². The average Bonchev–Trinajstić information content (AvgIpc) is 2.35. The Morgan fingerprint density at radius 1 is 1.29 bits per heavy atom. The summed E-state index contributed by atoms with van der Waals surface area (Å²) in [4.78, 5) is 11.7. The van der Waals surface area contributed by atoms with E-state index in [1.807, 2.05) is 30.3 Å². The van der Waals surface area contributed by atoms with Crippen molar-refractivity contribution >= 4 is 16.6 Å². The number of hydrogen-bond acceptors (Lipinski definition) is 2. The van der Waals surface area contributed by atoms with Crippen molar-refractivity contribution in [3.63, 3.8) is 0 Å². The normalized spacial score (nSPS) is 9.88. The summed E-state index contributed by atoms with van der Waals surface area (Å²) >= 11 is 0. The lowest BCUT2D eigenvalue weighted by Crippen LogP contribution is -2.02. The van der Waals surface area contributed by atoms with Crippen LogP contribution in [0.3, 0.4) is 0 Å². The number of ketones is 1. The van der Waals surface area contributed by atoms with Gasteiger partial charge in [-0.25, -0.2) is 0 Å². The number of benzene rings is 2. The summed E-state index contributed by atoms with van der Waals surface area (Å²) in [6, 6.07) is 11.4. The minimum absolute atomic E-state index is 0.0196. The zero-order valence-electron chi connectivity index (χ0n) is 9.57. The topological polar surface area (TPSA) is 26.3 Å². The molecule has 0 aliphatic carbocycles. The maximum Gasteiger partial charge on any atom is 0.164 e. The molecule has 17 heavy (non-hydrogen) atoms. The molecule has 2 rings (SSSR count). The zero-order chi connectivity index (χ0) is 12.3. The van der Waals surface area contributed by atoms with Crippen LogP contribution in [-0.2, 0) is 0 Å². The quantitative estimate of drug-likeness (QED) is 0.591. The Hall–Kier alpha value is -2.27. The first-order valence-corrected chi connectivity index (χ1v) is 5.33. The number of ether oxygens (including phenoxy) is 1. The van der Waals surface area contributed by atoms with Crippen LogP contribution in [0.2, 0.25) is 0 Å². The molecule has 0 saturated carbocycles. The van der Waals surface area contributed by atoms with Crippen molar-refractivity contribution in [2.75, 3.05) is 6.61 Å². The highest BCUT2D eigenvalue weighted by atomic mass is 16.5. The third-order valence-electron chi connectivity index (χ3n) is 2.55. The summed E-state index contributed by atoms with van der Waals surface area (Å²) in [5.74, 6) is 2.93. The molecule has 2 aromatic carbocycles. The molecule has 0 amide bonds. The maximum atomic E-state index is 11.7. The molecule has 0 atom stereocenters. The van der Waals surface area contributed by atoms with Crippen LogP contribution < -0.4 is 4.74 Å². The Balaban J connectivity index is 2.65. The fourth-order valence-electron chi connectivity index (χ4n) is 1.85. The smallest absolute Gasteiger partial charge is 0.164 e. The van der Waals surface area contributed by atoms with Gasteiger partial charge in [0.1, 0.15) is 12.4 Å². The van der Waals surface area contributed by atoms with Gasteiger partial charge in [-0.15, -0.1) is 6.42 Å². The number of fused-ring (bicyclic) bond motifs is 1. The standard InChI is InChI=1S/C15H12O2/c1-3-10-17-14-9-8-12-6-4-5-7-13(12)15(14)11(2)16/h1,4-9H,10H2,2H3. The summed E-state index contributed by atoms with van der Waals surface area (Å²) in [5, 5.41) is 1.92. The molecular weight excluding hydrogens is 212 g/mol. The van der Waals surface area contributed by atoms with Crippen molar-refractivity contribution in [1.29, 1.82) is 0 Å². The second-order valence-electron chi connectivity index (χ2n) is 3.71. The van der Waals surface area contributed by atoms with Gasteiger partial charge in [0, 0.05) is 0 Å². The fourth-order valence-corrected chi connectivity index (χ4v) is 1.85. The van der Waals surface area contributed by atoms with E-state index in [9.17, 15) is 4.79 Å². The lowest BCUT2D eigenvalue weighted by molar-refractivity contribution is 0.101. The molecule has 0 aromatic heterocycles. The van der Waals surface area contributed by atoms with Gasteiger partial charge < -0.3 is 4.74 Å². The monoisotopic (exact) mass is 224 g/mol. The number of terminal acetylenes is 1. The van der Waals surface area contributed by atoms with Gasteiger partial charge >= 0.3 is 0 Å². The highest BCUT2D eigenvalue weighted by Crippen LogP contribution is 2.28. The molecule has 0 saturated heterocycles. The summed E-state index contributed by atoms with van der Waals surface area (Å²) in [5.41, 5.74) is 0.596. The van der Waals surface area contributed by atoms with E-state index in [1.54, 1.807) is 6.07 Å². The lowest BCUT2D eigenvalue weighted by Gasteiger charge is -2.10. The minimum atomic E-state index is -0.0196. The number of hydrogen-bond donors (Lipinski definition) is 0. The molecule has 0 aliphatic heterocycles. The molecule has 0 unspecified atom stereocenters. The Kier molecular flexibility index (Phi) is 3.11. The predicted octanol–water partition coefficient (Wildman–Crippen LogP) is 3.05. The average molecular weight is 224 g/mol. The van der Waals surface area contributed by atoms with E-state index in [0.717, 1.165) is 10.8 Å². The second-order valence-corrected chi connectivity index (χ2v) is 3.71. The Labute approximate surface area is 100 Å². The molecule has 0 radical (unpaired) electrons. The van der Waals surface area contributed by atoms with Crippen molar-refractivity contribution in [3.8, 4) is 18.1 Å². The summed E-state index contributed by atoms with van der Waals surface area (Å²) < 4.78 is 5.40. The third-order valence-corrected chi connectivity index (χ3v) is 2.55. The summed E-state index contributed by atoms with van der Waals surface area (Å²) in [7, 11) is 0. The van der Waals surface area contributed by atoms with Gasteiger partial charge in [0.25, 0.3) is 0 Å². The van der Waals surface area contributed by atoms with E-state index >= 15 is 0 Å². The van der Waals surface area contributed by atoms with Crippen LogP contribution >= 0.6 is 0 Å². The maximum absolute atomic E-state index is 11.7. The van der Waals surface area contributed by atoms with E-state index in [2.05, 4.69) is 5.92 Å². The second kappa shape index (κ2) is 4.71. The van der Waals surface area contributed by atoms with E-state index < -0.39 is 0 Å². The van der Waals surface area contributed by atoms with Gasteiger partial charge in [-0.3, -0.25) is 4.79 Å². The first kappa shape index (κ1) is 11.2. The largest absolute Gasteiger partial charge is 0.480 e. The number of carbonyl (C=O) groups is 1. The minimum Gasteiger partial charge on any atom is -0.480 e. The highest BCUT2D eigenvalue weighted by Gasteiger charge is 2.12. The Morgan fingerprint density at radius 3 is 2.76 bits per heavy atom. The van der Waals surface area contributed by atoms with Gasteiger partial charge in [-0.05, 0) is 23.8 Å². The predicted molar refractivity (Wildman–Crippen MR) is 68.3 cm³/mol. The molecule has 0 spiro atoms. The van der Waals surface area contributed by atoms with Crippen LogP contribution in [0.4, 0.5) is 0 Å². The van der Waals surface area contributed by atoms with E-state index in [4.69, 9.17) is 11.2 Å². The van der Waals surface area contributed by atoms with Crippen molar-refractivity contribution in [3.05, 3.63) is 42.0 Å². The first-order valence-electron chi connectivity index (χ1n) is 5.33. The van der Waals surface area contributed by atoms with Crippen molar-refractivity contribution in [2.45, 2.75) is 6.92 Å². The van der Waals surface area contributed by atoms with Crippen LogP contribution in [0.15, 0.2) is 36.4 Å². The molecule has 84 valence electrons. The van der Waals surface area contributed by atoms with Gasteiger partial charge in [-0.1, -0.05) is 36.3 Å². The van der Waals surface area contributed by atoms with Crippen LogP contribution in [0.5, 0.6) is 5.75 Å². The zero-order valence-corrected chi connectivity index (χ0v) is 9.57. The summed E-state index contributed by atoms with van der Waals surface area (Å²) in [6.45, 7) is 1.70. The molecule has 0 bridgehead atoms. The van der Waals surface area contributed by atoms with Crippen LogP contribution in [0.1, 0.15) is 17.3 Å². The SMILES string of the molecule is C#CCOc1ccc2ccccc2c1C(C)=O. The van der Waals surface area contributed by atoms with Crippen molar-refractivity contribution in [2.24, 2.45) is 0 Å². The van der Waals surface area contributed by atoms with Crippen molar-refractivity contribution in [1.82, 2.24) is 0 Å². The van der Waals surface area contributed by atoms with Gasteiger partial charge in [0.05, 0.1) is 5.56 Å². The molecule has 0 heterocycles. The fraction of sp³-hybridized carbons (Fsp3) is 0.133. The molecule has 0 N–H and O–H groups in total. The molecule has 2 nitrogen and oxygen atoms in total. The summed E-state index contributed by atoms with van der Waals surface area (Å²) in [6.07, 6.45) is 5.16.